The van der Waals surface area contributed by atoms with Crippen LogP contribution in [0.2, 0.25) is 0 Å². The van der Waals surface area contributed by atoms with E-state index < -0.39 is 5.60 Å². The average Bonchev–Trinajstić information content (AvgIpc) is 2.45. The van der Waals surface area contributed by atoms with Crippen LogP contribution in [0.25, 0.3) is 0 Å². The van der Waals surface area contributed by atoms with Crippen molar-refractivity contribution in [2.24, 2.45) is 5.92 Å². The molecule has 2 heterocycles. The van der Waals surface area contributed by atoms with Crippen LogP contribution in [-0.4, -0.2) is 40.7 Å². The van der Waals surface area contributed by atoms with Crippen LogP contribution >= 0.6 is 0 Å². The molecule has 0 radical (unpaired) electrons. The summed E-state index contributed by atoms with van der Waals surface area (Å²) in [5, 5.41) is 3.25. The van der Waals surface area contributed by atoms with Crippen LogP contribution < -0.4 is 5.32 Å². The van der Waals surface area contributed by atoms with Gasteiger partial charge in [-0.2, -0.15) is 0 Å². The number of nitrogens with one attached hydrogen (secondary N) is 1. The number of nitrogens with zero attached hydrogens (tertiary/aromatic N) is 2. The van der Waals surface area contributed by atoms with Gasteiger partial charge in [0.25, 0.3) is 0 Å². The number of amides is 1. The topological polar surface area (TPSA) is 54.5 Å². The number of aromatic nitrogens is 1. The smallest absolute Gasteiger partial charge is 0.410 e. The van der Waals surface area contributed by atoms with Crippen molar-refractivity contribution in [3.05, 3.63) is 23.6 Å². The van der Waals surface area contributed by atoms with Gasteiger partial charge in [0.2, 0.25) is 0 Å². The molecule has 1 fully saturated rings. The van der Waals surface area contributed by atoms with E-state index in [2.05, 4.69) is 17.2 Å². The zero-order valence-corrected chi connectivity index (χ0v) is 15.2. The normalized spacial score (nSPS) is 21.5. The molecule has 5 nitrogen and oxygen atoms in total. The fraction of sp³-hybridized carbons (Fsp3) is 0.667. The second kappa shape index (κ2) is 7.36. The second-order valence-electron chi connectivity index (χ2n) is 7.67. The molecule has 1 aromatic heterocycles. The highest BCUT2D eigenvalue weighted by molar-refractivity contribution is 5.69. The maximum atomic E-state index is 13.2. The molecule has 0 aromatic carbocycles. The van der Waals surface area contributed by atoms with Gasteiger partial charge in [-0.15, -0.1) is 0 Å². The average molecular weight is 337 g/mol. The summed E-state index contributed by atoms with van der Waals surface area (Å²) in [6.45, 7) is 10.8. The molecule has 1 saturated heterocycles. The summed E-state index contributed by atoms with van der Waals surface area (Å²) in [5.74, 6) is 0.763. The molecule has 2 unspecified atom stereocenters. The van der Waals surface area contributed by atoms with E-state index >= 15 is 0 Å². The van der Waals surface area contributed by atoms with Crippen LogP contribution in [0.5, 0.6) is 0 Å². The molecular weight excluding hydrogens is 309 g/mol. The molecule has 0 saturated carbocycles. The Balaban J connectivity index is 2.04. The minimum atomic E-state index is -0.509. The van der Waals surface area contributed by atoms with Gasteiger partial charge in [0, 0.05) is 13.1 Å². The van der Waals surface area contributed by atoms with Gasteiger partial charge in [0.1, 0.15) is 17.2 Å². The van der Waals surface area contributed by atoms with Gasteiger partial charge in [-0.25, -0.2) is 14.2 Å². The molecule has 0 spiro atoms. The van der Waals surface area contributed by atoms with E-state index in [0.717, 1.165) is 18.4 Å². The Labute approximate surface area is 143 Å². The molecule has 1 aliphatic heterocycles. The van der Waals surface area contributed by atoms with Gasteiger partial charge >= 0.3 is 6.09 Å². The van der Waals surface area contributed by atoms with Crippen molar-refractivity contribution in [3.63, 3.8) is 0 Å². The SMILES string of the molecule is Cc1cc(F)cnc1NCC1CCC(C)CN1C(=O)OC(C)(C)C. The molecule has 6 heteroatoms. The Morgan fingerprint density at radius 3 is 2.79 bits per heavy atom. The van der Waals surface area contributed by atoms with Crippen LogP contribution in [0.1, 0.15) is 46.1 Å². The summed E-state index contributed by atoms with van der Waals surface area (Å²) in [4.78, 5) is 18.4. The number of carbonyl (C=O) groups excluding carboxylic acids is 1. The number of halogens is 1. The van der Waals surface area contributed by atoms with Crippen molar-refractivity contribution in [1.29, 1.82) is 0 Å². The first-order valence-corrected chi connectivity index (χ1v) is 8.51. The van der Waals surface area contributed by atoms with Crippen molar-refractivity contribution in [2.75, 3.05) is 18.4 Å². The molecule has 0 aliphatic carbocycles. The summed E-state index contributed by atoms with van der Waals surface area (Å²) in [5.41, 5.74) is 0.244. The predicted molar refractivity (Wildman–Crippen MR) is 92.5 cm³/mol. The lowest BCUT2D eigenvalue weighted by Gasteiger charge is -2.39. The van der Waals surface area contributed by atoms with Gasteiger partial charge in [0.05, 0.1) is 12.2 Å². The molecule has 2 rings (SSSR count). The number of hydrogen-bond donors (Lipinski definition) is 1. The molecule has 2 atom stereocenters. The Morgan fingerprint density at radius 2 is 2.17 bits per heavy atom. The third-order valence-electron chi connectivity index (χ3n) is 4.12. The number of piperidine rings is 1. The first kappa shape index (κ1) is 18.5. The van der Waals surface area contributed by atoms with Crippen LogP contribution in [0.15, 0.2) is 12.3 Å². The molecule has 1 aromatic rings. The van der Waals surface area contributed by atoms with E-state index in [-0.39, 0.29) is 18.0 Å². The fourth-order valence-electron chi connectivity index (χ4n) is 2.91. The Kier molecular flexibility index (Phi) is 5.67. The van der Waals surface area contributed by atoms with Crippen LogP contribution in [0.4, 0.5) is 15.0 Å². The van der Waals surface area contributed by atoms with E-state index in [0.29, 0.717) is 24.8 Å². The summed E-state index contributed by atoms with van der Waals surface area (Å²) in [7, 11) is 0. The highest BCUT2D eigenvalue weighted by Gasteiger charge is 2.32. The number of aryl methyl sites for hydroxylation is 1. The van der Waals surface area contributed by atoms with Gasteiger partial charge < -0.3 is 15.0 Å². The lowest BCUT2D eigenvalue weighted by molar-refractivity contribution is 0.00577. The fourth-order valence-corrected chi connectivity index (χ4v) is 2.91. The van der Waals surface area contributed by atoms with Gasteiger partial charge in [-0.05, 0) is 58.1 Å². The quantitative estimate of drug-likeness (QED) is 0.906. The third kappa shape index (κ3) is 5.08. The van der Waals surface area contributed by atoms with E-state index in [4.69, 9.17) is 4.74 Å². The van der Waals surface area contributed by atoms with E-state index in [1.807, 2.05) is 32.6 Å². The molecule has 0 bridgehead atoms. The van der Waals surface area contributed by atoms with E-state index in [9.17, 15) is 9.18 Å². The summed E-state index contributed by atoms with van der Waals surface area (Å²) in [6.07, 6.45) is 2.91. The zero-order valence-electron chi connectivity index (χ0n) is 15.2. The standard InChI is InChI=1S/C18H28FN3O2/c1-12-6-7-15(22(11-12)17(23)24-18(3,4)5)10-21-16-13(2)8-14(19)9-20-16/h8-9,12,15H,6-7,10-11H2,1-5H3,(H,20,21). The third-order valence-corrected chi connectivity index (χ3v) is 4.12. The number of carbonyl (C=O) groups is 1. The number of anilines is 1. The van der Waals surface area contributed by atoms with Gasteiger partial charge in [-0.1, -0.05) is 6.92 Å². The summed E-state index contributed by atoms with van der Waals surface area (Å²) in [6, 6.07) is 1.49. The summed E-state index contributed by atoms with van der Waals surface area (Å²) >= 11 is 0. The molecule has 134 valence electrons. The predicted octanol–water partition coefficient (Wildman–Crippen LogP) is 3.98. The van der Waals surface area contributed by atoms with Gasteiger partial charge in [-0.3, -0.25) is 0 Å². The highest BCUT2D eigenvalue weighted by Crippen LogP contribution is 2.24. The lowest BCUT2D eigenvalue weighted by Crippen LogP contribution is -2.51. The molecule has 24 heavy (non-hydrogen) atoms. The van der Waals surface area contributed by atoms with E-state index in [1.165, 1.54) is 12.3 Å². The molecule has 1 amide bonds. The molecular formula is C18H28FN3O2. The summed E-state index contributed by atoms with van der Waals surface area (Å²) < 4.78 is 18.7. The van der Waals surface area contributed by atoms with Crippen LogP contribution in [-0.2, 0) is 4.74 Å². The first-order valence-electron chi connectivity index (χ1n) is 8.51. The van der Waals surface area contributed by atoms with Crippen molar-refractivity contribution >= 4 is 11.9 Å². The Bertz CT molecular complexity index is 586. The van der Waals surface area contributed by atoms with Gasteiger partial charge in [0.15, 0.2) is 0 Å². The minimum Gasteiger partial charge on any atom is -0.444 e. The van der Waals surface area contributed by atoms with Crippen LogP contribution in [0, 0.1) is 18.7 Å². The number of hydrogen-bond acceptors (Lipinski definition) is 4. The monoisotopic (exact) mass is 337 g/mol. The zero-order chi connectivity index (χ0) is 17.9. The first-order chi connectivity index (χ1) is 11.2. The lowest BCUT2D eigenvalue weighted by atomic mass is 9.94. The van der Waals surface area contributed by atoms with Crippen LogP contribution in [0.3, 0.4) is 0 Å². The minimum absolute atomic E-state index is 0.0438. The highest BCUT2D eigenvalue weighted by atomic mass is 19.1. The van der Waals surface area contributed by atoms with Crippen molar-refractivity contribution in [3.8, 4) is 0 Å². The number of rotatable bonds is 3. The number of likely N-dealkylation sites (tertiary alicyclic amines) is 1. The Hall–Kier alpha value is -1.85. The van der Waals surface area contributed by atoms with Crippen molar-refractivity contribution in [1.82, 2.24) is 9.88 Å². The van der Waals surface area contributed by atoms with E-state index in [1.54, 1.807) is 0 Å². The number of pyridine rings is 1. The molecule has 1 aliphatic rings. The molecule has 1 N–H and O–H groups in total. The second-order valence-corrected chi connectivity index (χ2v) is 7.67. The maximum absolute atomic E-state index is 13.2. The van der Waals surface area contributed by atoms with Crippen molar-refractivity contribution < 1.29 is 13.9 Å². The number of ether oxygens (including phenoxy) is 1. The Morgan fingerprint density at radius 1 is 1.46 bits per heavy atom. The maximum Gasteiger partial charge on any atom is 0.410 e. The van der Waals surface area contributed by atoms with Crippen molar-refractivity contribution in [2.45, 2.75) is 59.1 Å². The largest absolute Gasteiger partial charge is 0.444 e.